The topological polar surface area (TPSA) is 104 Å². The number of carboxylic acid groups (broad SMARTS) is 1. The summed E-state index contributed by atoms with van der Waals surface area (Å²) in [4.78, 5) is 24.6. The summed E-state index contributed by atoms with van der Waals surface area (Å²) in [6.45, 7) is 0.209. The summed E-state index contributed by atoms with van der Waals surface area (Å²) in [6.07, 6.45) is 0. The van der Waals surface area contributed by atoms with E-state index in [1.54, 1.807) is 6.07 Å². The SMILES string of the molecule is O=C(O)c1cc(Br)ccc1NC(=O)N1CCS(=O)(=O)CC1. The minimum absolute atomic E-state index is 0.0395. The summed E-state index contributed by atoms with van der Waals surface area (Å²) in [5, 5.41) is 11.6. The molecule has 1 aromatic rings. The van der Waals surface area contributed by atoms with Crippen molar-refractivity contribution >= 4 is 43.5 Å². The van der Waals surface area contributed by atoms with Crippen LogP contribution in [0.15, 0.2) is 22.7 Å². The number of hydrogen-bond acceptors (Lipinski definition) is 4. The van der Waals surface area contributed by atoms with Crippen molar-refractivity contribution in [3.8, 4) is 0 Å². The van der Waals surface area contributed by atoms with Crippen molar-refractivity contribution in [3.05, 3.63) is 28.2 Å². The molecule has 0 unspecified atom stereocenters. The quantitative estimate of drug-likeness (QED) is 0.811. The van der Waals surface area contributed by atoms with Gasteiger partial charge in [-0.25, -0.2) is 18.0 Å². The van der Waals surface area contributed by atoms with Crippen LogP contribution in [0.4, 0.5) is 10.5 Å². The van der Waals surface area contributed by atoms with Gasteiger partial charge >= 0.3 is 12.0 Å². The summed E-state index contributed by atoms with van der Waals surface area (Å²) in [5.41, 5.74) is 0.131. The second-order valence-corrected chi connectivity index (χ2v) is 7.78. The van der Waals surface area contributed by atoms with Gasteiger partial charge in [0.2, 0.25) is 0 Å². The smallest absolute Gasteiger partial charge is 0.337 e. The van der Waals surface area contributed by atoms with E-state index in [2.05, 4.69) is 21.2 Å². The molecule has 0 radical (unpaired) electrons. The second-order valence-electron chi connectivity index (χ2n) is 4.56. The number of carbonyl (C=O) groups excluding carboxylic acids is 1. The number of anilines is 1. The van der Waals surface area contributed by atoms with E-state index in [1.807, 2.05) is 0 Å². The molecule has 21 heavy (non-hydrogen) atoms. The molecule has 0 aromatic heterocycles. The molecule has 1 aliphatic heterocycles. The van der Waals surface area contributed by atoms with E-state index in [9.17, 15) is 18.0 Å². The molecule has 1 fully saturated rings. The Kier molecular flexibility index (Phi) is 4.52. The number of rotatable bonds is 2. The maximum atomic E-state index is 12.1. The highest BCUT2D eigenvalue weighted by molar-refractivity contribution is 9.10. The lowest BCUT2D eigenvalue weighted by Gasteiger charge is -2.27. The second kappa shape index (κ2) is 6.02. The van der Waals surface area contributed by atoms with Crippen molar-refractivity contribution < 1.29 is 23.1 Å². The van der Waals surface area contributed by atoms with Crippen molar-refractivity contribution in [2.75, 3.05) is 29.9 Å². The first-order valence-electron chi connectivity index (χ1n) is 6.08. The average molecular weight is 377 g/mol. The Morgan fingerprint density at radius 3 is 2.43 bits per heavy atom. The molecular weight excluding hydrogens is 364 g/mol. The molecule has 2 amide bonds. The van der Waals surface area contributed by atoms with E-state index in [4.69, 9.17) is 5.11 Å². The number of amides is 2. The normalized spacial score (nSPS) is 17.3. The van der Waals surface area contributed by atoms with Gasteiger partial charge in [-0.1, -0.05) is 15.9 Å². The van der Waals surface area contributed by atoms with E-state index in [1.165, 1.54) is 17.0 Å². The molecule has 1 saturated heterocycles. The molecule has 114 valence electrons. The van der Waals surface area contributed by atoms with Crippen LogP contribution >= 0.6 is 15.9 Å². The van der Waals surface area contributed by atoms with E-state index in [0.29, 0.717) is 4.47 Å². The van der Waals surface area contributed by atoms with Crippen LogP contribution in [0.25, 0.3) is 0 Å². The number of aromatic carboxylic acids is 1. The third-order valence-electron chi connectivity index (χ3n) is 3.09. The van der Waals surface area contributed by atoms with Crippen LogP contribution in [-0.4, -0.2) is 55.0 Å². The first-order chi connectivity index (χ1) is 9.78. The first kappa shape index (κ1) is 15.8. The van der Waals surface area contributed by atoms with Gasteiger partial charge in [-0.3, -0.25) is 0 Å². The number of benzene rings is 1. The van der Waals surface area contributed by atoms with Gasteiger partial charge in [-0.05, 0) is 18.2 Å². The van der Waals surface area contributed by atoms with Crippen LogP contribution in [-0.2, 0) is 9.84 Å². The molecule has 9 heteroatoms. The van der Waals surface area contributed by atoms with Crippen LogP contribution < -0.4 is 5.32 Å². The molecule has 0 atom stereocenters. The summed E-state index contributed by atoms with van der Waals surface area (Å²) in [5.74, 6) is -1.31. The van der Waals surface area contributed by atoms with Gasteiger partial charge in [0.05, 0.1) is 22.8 Å². The van der Waals surface area contributed by atoms with Crippen molar-refractivity contribution in [3.63, 3.8) is 0 Å². The molecule has 2 N–H and O–H groups in total. The first-order valence-corrected chi connectivity index (χ1v) is 8.69. The molecule has 2 rings (SSSR count). The molecule has 0 saturated carbocycles. The van der Waals surface area contributed by atoms with Gasteiger partial charge in [-0.2, -0.15) is 0 Å². The lowest BCUT2D eigenvalue weighted by Crippen LogP contribution is -2.45. The number of carbonyl (C=O) groups is 2. The predicted molar refractivity (Wildman–Crippen MR) is 80.3 cm³/mol. The van der Waals surface area contributed by atoms with Crippen LogP contribution in [0, 0.1) is 0 Å². The number of urea groups is 1. The molecule has 0 aliphatic carbocycles. The van der Waals surface area contributed by atoms with Gasteiger partial charge in [0.15, 0.2) is 9.84 Å². The Balaban J connectivity index is 2.12. The van der Waals surface area contributed by atoms with E-state index >= 15 is 0 Å². The lowest BCUT2D eigenvalue weighted by atomic mass is 10.2. The molecule has 1 heterocycles. The van der Waals surface area contributed by atoms with Crippen LogP contribution in [0.5, 0.6) is 0 Å². The number of hydrogen-bond donors (Lipinski definition) is 2. The molecule has 0 spiro atoms. The number of nitrogens with one attached hydrogen (secondary N) is 1. The molecule has 1 aliphatic rings. The lowest BCUT2D eigenvalue weighted by molar-refractivity contribution is 0.0698. The van der Waals surface area contributed by atoms with Gasteiger partial charge in [0.1, 0.15) is 0 Å². The van der Waals surface area contributed by atoms with Crippen LogP contribution in [0.3, 0.4) is 0 Å². The number of nitrogens with zero attached hydrogens (tertiary/aromatic N) is 1. The Labute approximate surface area is 130 Å². The standard InChI is InChI=1S/C12H13BrN2O5S/c13-8-1-2-10(9(7-8)11(16)17)14-12(18)15-3-5-21(19,20)6-4-15/h1-2,7H,3-6H2,(H,14,18)(H,16,17). The zero-order chi connectivity index (χ0) is 15.6. The van der Waals surface area contributed by atoms with Crippen molar-refractivity contribution in [1.82, 2.24) is 4.90 Å². The fourth-order valence-corrected chi connectivity index (χ4v) is 3.47. The Bertz CT molecular complexity index is 675. The number of sulfone groups is 1. The molecule has 7 nitrogen and oxygen atoms in total. The third-order valence-corrected chi connectivity index (χ3v) is 5.19. The minimum atomic E-state index is -3.07. The highest BCUT2D eigenvalue weighted by Gasteiger charge is 2.25. The molecule has 1 aromatic carbocycles. The Morgan fingerprint density at radius 2 is 1.86 bits per heavy atom. The van der Waals surface area contributed by atoms with E-state index in [0.717, 1.165) is 0 Å². The maximum absolute atomic E-state index is 12.1. The maximum Gasteiger partial charge on any atom is 0.337 e. The fourth-order valence-electron chi connectivity index (χ4n) is 1.91. The van der Waals surface area contributed by atoms with Crippen molar-refractivity contribution in [2.45, 2.75) is 0 Å². The molecule has 0 bridgehead atoms. The van der Waals surface area contributed by atoms with E-state index in [-0.39, 0.29) is 35.8 Å². The summed E-state index contributed by atoms with van der Waals surface area (Å²) in [7, 11) is -3.07. The predicted octanol–water partition coefficient (Wildman–Crippen LogP) is 1.41. The zero-order valence-corrected chi connectivity index (χ0v) is 13.3. The Morgan fingerprint density at radius 1 is 1.24 bits per heavy atom. The summed E-state index contributed by atoms with van der Waals surface area (Å²) < 4.78 is 23.2. The number of halogens is 1. The Hall–Kier alpha value is -1.61. The van der Waals surface area contributed by atoms with Gasteiger partial charge < -0.3 is 15.3 Å². The third kappa shape index (κ3) is 3.94. The van der Waals surface area contributed by atoms with Gasteiger partial charge in [0.25, 0.3) is 0 Å². The molecular formula is C12H13BrN2O5S. The summed E-state index contributed by atoms with van der Waals surface area (Å²) in [6, 6.07) is 3.97. The fraction of sp³-hybridized carbons (Fsp3) is 0.333. The average Bonchev–Trinajstić information content (AvgIpc) is 2.40. The van der Waals surface area contributed by atoms with Gasteiger partial charge in [-0.15, -0.1) is 0 Å². The van der Waals surface area contributed by atoms with Crippen LogP contribution in [0.2, 0.25) is 0 Å². The van der Waals surface area contributed by atoms with E-state index < -0.39 is 21.8 Å². The zero-order valence-electron chi connectivity index (χ0n) is 10.9. The highest BCUT2D eigenvalue weighted by Crippen LogP contribution is 2.21. The van der Waals surface area contributed by atoms with Gasteiger partial charge in [0, 0.05) is 17.6 Å². The highest BCUT2D eigenvalue weighted by atomic mass is 79.9. The van der Waals surface area contributed by atoms with Crippen molar-refractivity contribution in [1.29, 1.82) is 0 Å². The largest absolute Gasteiger partial charge is 0.478 e. The van der Waals surface area contributed by atoms with Crippen LogP contribution in [0.1, 0.15) is 10.4 Å². The van der Waals surface area contributed by atoms with Crippen molar-refractivity contribution in [2.24, 2.45) is 0 Å². The monoisotopic (exact) mass is 376 g/mol. The number of carboxylic acids is 1. The minimum Gasteiger partial charge on any atom is -0.478 e. The summed E-state index contributed by atoms with van der Waals surface area (Å²) >= 11 is 3.17.